The van der Waals surface area contributed by atoms with Gasteiger partial charge in [0.1, 0.15) is 0 Å². The van der Waals surface area contributed by atoms with E-state index in [-0.39, 0.29) is 0 Å². The number of hydrogen-bond donors (Lipinski definition) is 0. The lowest BCUT2D eigenvalue weighted by molar-refractivity contribution is -0.138. The van der Waals surface area contributed by atoms with Crippen molar-refractivity contribution >= 4 is 5.91 Å². The van der Waals surface area contributed by atoms with Crippen molar-refractivity contribution < 1.29 is 4.79 Å². The van der Waals surface area contributed by atoms with E-state index in [1.54, 1.807) is 0 Å². The minimum Gasteiger partial charge on any atom is -0.335 e. The molecule has 0 aromatic carbocycles. The molecule has 2 rings (SSSR count). The molecule has 0 unspecified atom stereocenters. The molecule has 2 heterocycles. The van der Waals surface area contributed by atoms with Crippen molar-refractivity contribution in [2.24, 2.45) is 5.92 Å². The zero-order valence-electron chi connectivity index (χ0n) is 8.20. The molecule has 2 heteroatoms. The first-order valence-electron chi connectivity index (χ1n) is 5.27. The average Bonchev–Trinajstić information content (AvgIpc) is 2.19. The second kappa shape index (κ2) is 3.52. The lowest BCUT2D eigenvalue weighted by atomic mass is 9.83. The van der Waals surface area contributed by atoms with Crippen LogP contribution >= 0.6 is 0 Å². The van der Waals surface area contributed by atoms with Gasteiger partial charge in [-0.05, 0) is 18.8 Å². The van der Waals surface area contributed by atoms with E-state index in [2.05, 4.69) is 24.0 Å². The Hall–Kier alpha value is -0.790. The molecule has 0 aromatic rings. The first-order chi connectivity index (χ1) is 6.33. The van der Waals surface area contributed by atoms with Crippen molar-refractivity contribution in [1.82, 2.24) is 4.90 Å². The maximum Gasteiger partial charge on any atom is 0.223 e. The van der Waals surface area contributed by atoms with Gasteiger partial charge in [0.05, 0.1) is 0 Å². The van der Waals surface area contributed by atoms with Gasteiger partial charge in [-0.1, -0.05) is 25.5 Å². The number of carbonyl (C=O) groups excluding carboxylic acids is 1. The summed E-state index contributed by atoms with van der Waals surface area (Å²) in [5, 5.41) is 0. The van der Waals surface area contributed by atoms with Crippen molar-refractivity contribution in [3.8, 4) is 0 Å². The maximum atomic E-state index is 11.6. The van der Waals surface area contributed by atoms with Crippen molar-refractivity contribution in [2.75, 3.05) is 6.54 Å². The predicted molar refractivity (Wildman–Crippen MR) is 52.3 cm³/mol. The molecule has 0 N–H and O–H groups in total. The number of carbonyl (C=O) groups is 1. The summed E-state index contributed by atoms with van der Waals surface area (Å²) in [6, 6.07) is 0.510. The van der Waals surface area contributed by atoms with E-state index in [0.29, 0.717) is 11.9 Å². The second-order valence-electron chi connectivity index (χ2n) is 4.03. The lowest BCUT2D eigenvalue weighted by Gasteiger charge is -2.42. The average molecular weight is 179 g/mol. The SMILES string of the molecule is CC[C@H]1CCC(=O)N2CC=CC[C@@H]12. The van der Waals surface area contributed by atoms with Crippen LogP contribution in [0.25, 0.3) is 0 Å². The highest BCUT2D eigenvalue weighted by Gasteiger charge is 2.34. The van der Waals surface area contributed by atoms with Crippen LogP contribution in [-0.4, -0.2) is 23.4 Å². The van der Waals surface area contributed by atoms with Gasteiger partial charge >= 0.3 is 0 Å². The molecule has 1 saturated heterocycles. The van der Waals surface area contributed by atoms with E-state index in [1.807, 2.05) is 0 Å². The molecular weight excluding hydrogens is 162 g/mol. The molecule has 0 spiro atoms. The molecule has 72 valence electrons. The fraction of sp³-hybridized carbons (Fsp3) is 0.727. The quantitative estimate of drug-likeness (QED) is 0.563. The molecule has 1 fully saturated rings. The largest absolute Gasteiger partial charge is 0.335 e. The van der Waals surface area contributed by atoms with Gasteiger partial charge in [0.2, 0.25) is 5.91 Å². The molecule has 2 atom stereocenters. The Morgan fingerprint density at radius 3 is 3.15 bits per heavy atom. The molecule has 0 saturated carbocycles. The summed E-state index contributed by atoms with van der Waals surface area (Å²) < 4.78 is 0. The number of hydrogen-bond acceptors (Lipinski definition) is 1. The van der Waals surface area contributed by atoms with Gasteiger partial charge in [-0.25, -0.2) is 0 Å². The van der Waals surface area contributed by atoms with Crippen LogP contribution in [-0.2, 0) is 4.79 Å². The van der Waals surface area contributed by atoms with E-state index < -0.39 is 0 Å². The summed E-state index contributed by atoms with van der Waals surface area (Å²) in [5.41, 5.74) is 0. The highest BCUT2D eigenvalue weighted by molar-refractivity contribution is 5.77. The summed E-state index contributed by atoms with van der Waals surface area (Å²) >= 11 is 0. The molecule has 1 amide bonds. The number of rotatable bonds is 1. The van der Waals surface area contributed by atoms with Crippen molar-refractivity contribution in [1.29, 1.82) is 0 Å². The third-order valence-electron chi connectivity index (χ3n) is 3.36. The minimum absolute atomic E-state index is 0.360. The van der Waals surface area contributed by atoms with Gasteiger partial charge < -0.3 is 4.90 Å². The number of amides is 1. The van der Waals surface area contributed by atoms with Crippen LogP contribution in [0.4, 0.5) is 0 Å². The van der Waals surface area contributed by atoms with Crippen LogP contribution in [0.3, 0.4) is 0 Å². The molecule has 2 nitrogen and oxygen atoms in total. The minimum atomic E-state index is 0.360. The Balaban J connectivity index is 2.15. The number of piperidine rings is 1. The third kappa shape index (κ3) is 1.50. The van der Waals surface area contributed by atoms with Crippen molar-refractivity contribution in [3.63, 3.8) is 0 Å². The van der Waals surface area contributed by atoms with Gasteiger partial charge in [-0.2, -0.15) is 0 Å². The van der Waals surface area contributed by atoms with Gasteiger partial charge in [0, 0.05) is 19.0 Å². The number of fused-ring (bicyclic) bond motifs is 1. The Morgan fingerprint density at radius 1 is 1.54 bits per heavy atom. The van der Waals surface area contributed by atoms with Gasteiger partial charge in [-0.15, -0.1) is 0 Å². The van der Waals surface area contributed by atoms with Crippen LogP contribution in [0.5, 0.6) is 0 Å². The highest BCUT2D eigenvalue weighted by atomic mass is 16.2. The Kier molecular flexibility index (Phi) is 2.38. The molecule has 0 aromatic heterocycles. The third-order valence-corrected chi connectivity index (χ3v) is 3.36. The van der Waals surface area contributed by atoms with Crippen LogP contribution in [0.15, 0.2) is 12.2 Å². The van der Waals surface area contributed by atoms with E-state index in [0.717, 1.165) is 31.7 Å². The van der Waals surface area contributed by atoms with E-state index in [4.69, 9.17) is 0 Å². The van der Waals surface area contributed by atoms with Gasteiger partial charge in [-0.3, -0.25) is 4.79 Å². The van der Waals surface area contributed by atoms with Crippen LogP contribution in [0.2, 0.25) is 0 Å². The normalized spacial score (nSPS) is 33.3. The molecule has 0 radical (unpaired) electrons. The number of nitrogens with zero attached hydrogens (tertiary/aromatic N) is 1. The zero-order valence-corrected chi connectivity index (χ0v) is 8.20. The topological polar surface area (TPSA) is 20.3 Å². The molecule has 2 aliphatic rings. The molecule has 0 bridgehead atoms. The second-order valence-corrected chi connectivity index (χ2v) is 4.03. The summed E-state index contributed by atoms with van der Waals surface area (Å²) in [4.78, 5) is 13.6. The monoisotopic (exact) mass is 179 g/mol. The Bertz CT molecular complexity index is 234. The summed E-state index contributed by atoms with van der Waals surface area (Å²) in [7, 11) is 0. The van der Waals surface area contributed by atoms with Crippen LogP contribution < -0.4 is 0 Å². The summed E-state index contributed by atoms with van der Waals surface area (Å²) in [6.45, 7) is 3.08. The first kappa shape index (κ1) is 8.79. The molecule has 0 aliphatic carbocycles. The van der Waals surface area contributed by atoms with Gasteiger partial charge in [0.25, 0.3) is 0 Å². The lowest BCUT2D eigenvalue weighted by Crippen LogP contribution is -2.49. The Labute approximate surface area is 79.6 Å². The highest BCUT2D eigenvalue weighted by Crippen LogP contribution is 2.30. The van der Waals surface area contributed by atoms with Crippen LogP contribution in [0.1, 0.15) is 32.6 Å². The molecule has 13 heavy (non-hydrogen) atoms. The summed E-state index contributed by atoms with van der Waals surface area (Å²) in [5.74, 6) is 1.10. The summed E-state index contributed by atoms with van der Waals surface area (Å²) in [6.07, 6.45) is 8.49. The molecule has 2 aliphatic heterocycles. The fourth-order valence-corrected chi connectivity index (χ4v) is 2.54. The maximum absolute atomic E-state index is 11.6. The molecular formula is C11H17NO. The zero-order chi connectivity index (χ0) is 9.26. The van der Waals surface area contributed by atoms with E-state index >= 15 is 0 Å². The van der Waals surface area contributed by atoms with Crippen molar-refractivity contribution in [3.05, 3.63) is 12.2 Å². The first-order valence-corrected chi connectivity index (χ1v) is 5.27. The Morgan fingerprint density at radius 2 is 2.38 bits per heavy atom. The smallest absolute Gasteiger partial charge is 0.223 e. The standard InChI is InChI=1S/C11H17NO/c1-2-9-6-7-11(13)12-8-4-3-5-10(9)12/h3-4,9-10H,2,5-8H2,1H3/t9-,10-/m0/s1. The fourth-order valence-electron chi connectivity index (χ4n) is 2.54. The van der Waals surface area contributed by atoms with Crippen LogP contribution in [0, 0.1) is 5.92 Å². The predicted octanol–water partition coefficient (Wildman–Crippen LogP) is 1.96. The van der Waals surface area contributed by atoms with E-state index in [9.17, 15) is 4.79 Å². The van der Waals surface area contributed by atoms with Crippen molar-refractivity contribution in [2.45, 2.75) is 38.6 Å². The van der Waals surface area contributed by atoms with Gasteiger partial charge in [0.15, 0.2) is 0 Å². The van der Waals surface area contributed by atoms with E-state index in [1.165, 1.54) is 6.42 Å².